The monoisotopic (exact) mass is 250 g/mol. The maximum absolute atomic E-state index is 5.68. The average molecular weight is 250 g/mol. The molecule has 3 N–H and O–H groups in total. The molecular weight excluding hydrogens is 224 g/mol. The van der Waals surface area contributed by atoms with Crippen LogP contribution in [0.1, 0.15) is 58.0 Å². The Kier molecular flexibility index (Phi) is 5.08. The molecule has 0 spiro atoms. The van der Waals surface area contributed by atoms with E-state index in [1.807, 2.05) is 13.0 Å². The Labute approximate surface area is 110 Å². The highest BCUT2D eigenvalue weighted by Gasteiger charge is 2.21. The van der Waals surface area contributed by atoms with E-state index in [1.54, 1.807) is 0 Å². The van der Waals surface area contributed by atoms with Crippen LogP contribution in [0.25, 0.3) is 0 Å². The summed E-state index contributed by atoms with van der Waals surface area (Å²) in [7, 11) is 0. The number of hydrogen-bond donors (Lipinski definition) is 2. The Bertz CT molecular complexity index is 389. The van der Waals surface area contributed by atoms with Crippen molar-refractivity contribution in [1.29, 1.82) is 0 Å². The normalized spacial score (nSPS) is 14.6. The molecule has 1 aromatic rings. The van der Waals surface area contributed by atoms with Crippen LogP contribution in [0.4, 0.5) is 5.82 Å². The Morgan fingerprint density at radius 3 is 2.56 bits per heavy atom. The molecule has 1 atom stereocenters. The lowest BCUT2D eigenvalue weighted by atomic mass is 9.94. The van der Waals surface area contributed by atoms with Crippen molar-refractivity contribution in [3.63, 3.8) is 0 Å². The number of hydrogen-bond acceptors (Lipinski definition) is 4. The van der Waals surface area contributed by atoms with Crippen molar-refractivity contribution in [3.05, 3.63) is 17.6 Å². The van der Waals surface area contributed by atoms with Gasteiger partial charge in [-0.25, -0.2) is 9.97 Å². The minimum absolute atomic E-state index is 0.00376. The molecule has 0 aromatic carbocycles. The SMILES string of the molecule is CCC(C)(CCN)Nc1cc(C)nc(C(C)C)n1. The van der Waals surface area contributed by atoms with Gasteiger partial charge in [-0.15, -0.1) is 0 Å². The van der Waals surface area contributed by atoms with Crippen molar-refractivity contribution in [2.45, 2.75) is 58.9 Å². The van der Waals surface area contributed by atoms with Crippen LogP contribution in [0, 0.1) is 6.92 Å². The average Bonchev–Trinajstić information content (AvgIpc) is 2.28. The van der Waals surface area contributed by atoms with E-state index in [9.17, 15) is 0 Å². The van der Waals surface area contributed by atoms with Crippen LogP contribution in [0.3, 0.4) is 0 Å². The zero-order valence-electron chi connectivity index (χ0n) is 12.2. The number of nitrogens with two attached hydrogens (primary N) is 1. The molecule has 0 saturated heterocycles. The molecule has 18 heavy (non-hydrogen) atoms. The van der Waals surface area contributed by atoms with Crippen LogP contribution >= 0.6 is 0 Å². The highest BCUT2D eigenvalue weighted by Crippen LogP contribution is 2.21. The standard InChI is InChI=1S/C14H26N4/c1-6-14(5,7-8-15)18-12-9-11(4)16-13(17-12)10(2)3/h9-10H,6-8,15H2,1-5H3,(H,16,17,18). The molecule has 0 aliphatic carbocycles. The zero-order valence-corrected chi connectivity index (χ0v) is 12.2. The third kappa shape index (κ3) is 3.95. The fraction of sp³-hybridized carbons (Fsp3) is 0.714. The number of aromatic nitrogens is 2. The van der Waals surface area contributed by atoms with Gasteiger partial charge in [0.25, 0.3) is 0 Å². The topological polar surface area (TPSA) is 63.8 Å². The van der Waals surface area contributed by atoms with Gasteiger partial charge in [-0.1, -0.05) is 20.8 Å². The maximum atomic E-state index is 5.68. The Balaban J connectivity index is 2.96. The van der Waals surface area contributed by atoms with Crippen molar-refractivity contribution in [2.24, 2.45) is 5.73 Å². The lowest BCUT2D eigenvalue weighted by Gasteiger charge is -2.30. The number of rotatable bonds is 6. The predicted octanol–water partition coefficient (Wildman–Crippen LogP) is 2.84. The molecule has 4 nitrogen and oxygen atoms in total. The largest absolute Gasteiger partial charge is 0.365 e. The van der Waals surface area contributed by atoms with E-state index >= 15 is 0 Å². The van der Waals surface area contributed by atoms with Crippen LogP contribution in [0.2, 0.25) is 0 Å². The summed E-state index contributed by atoms with van der Waals surface area (Å²) in [5, 5.41) is 3.51. The Morgan fingerprint density at radius 1 is 1.39 bits per heavy atom. The second-order valence-electron chi connectivity index (χ2n) is 5.49. The molecule has 0 radical (unpaired) electrons. The molecule has 0 saturated carbocycles. The van der Waals surface area contributed by atoms with Gasteiger partial charge in [0.05, 0.1) is 0 Å². The third-order valence-electron chi connectivity index (χ3n) is 3.29. The number of nitrogens with one attached hydrogen (secondary N) is 1. The molecule has 1 unspecified atom stereocenters. The van der Waals surface area contributed by atoms with E-state index in [2.05, 4.69) is 43.0 Å². The summed E-state index contributed by atoms with van der Waals surface area (Å²) in [6.45, 7) is 11.3. The molecule has 102 valence electrons. The first-order valence-electron chi connectivity index (χ1n) is 6.74. The fourth-order valence-electron chi connectivity index (χ4n) is 1.87. The molecule has 0 bridgehead atoms. The predicted molar refractivity (Wildman–Crippen MR) is 76.8 cm³/mol. The smallest absolute Gasteiger partial charge is 0.133 e. The summed E-state index contributed by atoms with van der Waals surface area (Å²) in [6.07, 6.45) is 1.95. The molecular formula is C14H26N4. The molecule has 1 rings (SSSR count). The quantitative estimate of drug-likeness (QED) is 0.815. The van der Waals surface area contributed by atoms with Crippen LogP contribution in [0.5, 0.6) is 0 Å². The van der Waals surface area contributed by atoms with E-state index in [0.717, 1.165) is 30.2 Å². The fourth-order valence-corrected chi connectivity index (χ4v) is 1.87. The summed E-state index contributed by atoms with van der Waals surface area (Å²) in [5.41, 5.74) is 6.69. The van der Waals surface area contributed by atoms with Gasteiger partial charge < -0.3 is 11.1 Å². The van der Waals surface area contributed by atoms with Gasteiger partial charge in [0.2, 0.25) is 0 Å². The lowest BCUT2D eigenvalue weighted by Crippen LogP contribution is -2.36. The highest BCUT2D eigenvalue weighted by atomic mass is 15.1. The van der Waals surface area contributed by atoms with E-state index in [1.165, 1.54) is 0 Å². The first-order valence-corrected chi connectivity index (χ1v) is 6.74. The molecule has 0 aliphatic rings. The van der Waals surface area contributed by atoms with Crippen LogP contribution in [-0.4, -0.2) is 22.1 Å². The minimum atomic E-state index is 0.00376. The first-order chi connectivity index (χ1) is 8.40. The van der Waals surface area contributed by atoms with Crippen LogP contribution < -0.4 is 11.1 Å². The minimum Gasteiger partial charge on any atom is -0.365 e. The molecule has 0 fully saturated rings. The summed E-state index contributed by atoms with van der Waals surface area (Å²) >= 11 is 0. The second kappa shape index (κ2) is 6.14. The van der Waals surface area contributed by atoms with Crippen molar-refractivity contribution < 1.29 is 0 Å². The van der Waals surface area contributed by atoms with Gasteiger partial charge >= 0.3 is 0 Å². The van der Waals surface area contributed by atoms with E-state index in [4.69, 9.17) is 5.73 Å². The summed E-state index contributed by atoms with van der Waals surface area (Å²) in [6, 6.07) is 2.00. The van der Waals surface area contributed by atoms with E-state index in [0.29, 0.717) is 12.5 Å². The number of nitrogens with zero attached hydrogens (tertiary/aromatic N) is 2. The van der Waals surface area contributed by atoms with Gasteiger partial charge in [-0.05, 0) is 33.2 Å². The summed E-state index contributed by atoms with van der Waals surface area (Å²) in [5.74, 6) is 2.14. The molecule has 0 aliphatic heterocycles. The third-order valence-corrected chi connectivity index (χ3v) is 3.29. The van der Waals surface area contributed by atoms with Crippen molar-refractivity contribution in [3.8, 4) is 0 Å². The van der Waals surface area contributed by atoms with Crippen LogP contribution in [0.15, 0.2) is 6.07 Å². The Hall–Kier alpha value is -1.16. The van der Waals surface area contributed by atoms with Gasteiger partial charge in [0.15, 0.2) is 0 Å². The maximum Gasteiger partial charge on any atom is 0.133 e. The number of anilines is 1. The van der Waals surface area contributed by atoms with Gasteiger partial charge in [0.1, 0.15) is 11.6 Å². The lowest BCUT2D eigenvalue weighted by molar-refractivity contribution is 0.461. The molecule has 1 heterocycles. The Morgan fingerprint density at radius 2 is 2.06 bits per heavy atom. The highest BCUT2D eigenvalue weighted by molar-refractivity contribution is 5.39. The van der Waals surface area contributed by atoms with Crippen molar-refractivity contribution in [2.75, 3.05) is 11.9 Å². The van der Waals surface area contributed by atoms with E-state index < -0.39 is 0 Å². The molecule has 4 heteroatoms. The second-order valence-corrected chi connectivity index (χ2v) is 5.49. The van der Waals surface area contributed by atoms with Gasteiger partial charge in [-0.2, -0.15) is 0 Å². The first kappa shape index (κ1) is 14.9. The van der Waals surface area contributed by atoms with Crippen molar-refractivity contribution >= 4 is 5.82 Å². The molecule has 0 amide bonds. The molecule has 1 aromatic heterocycles. The van der Waals surface area contributed by atoms with Gasteiger partial charge in [0, 0.05) is 23.2 Å². The summed E-state index contributed by atoms with van der Waals surface area (Å²) in [4.78, 5) is 9.04. The van der Waals surface area contributed by atoms with E-state index in [-0.39, 0.29) is 5.54 Å². The summed E-state index contributed by atoms with van der Waals surface area (Å²) < 4.78 is 0. The van der Waals surface area contributed by atoms with Gasteiger partial charge in [-0.3, -0.25) is 0 Å². The van der Waals surface area contributed by atoms with Crippen molar-refractivity contribution in [1.82, 2.24) is 9.97 Å². The number of aryl methyl sites for hydroxylation is 1. The van der Waals surface area contributed by atoms with Crippen LogP contribution in [-0.2, 0) is 0 Å². The zero-order chi connectivity index (χ0) is 13.8.